The molecule has 1 aliphatic rings. The Hall–Kier alpha value is -0.860. The van der Waals surface area contributed by atoms with Gasteiger partial charge in [0.25, 0.3) is 0 Å². The minimum atomic E-state index is 0.282. The largest absolute Gasteiger partial charge is 0.309 e. The van der Waals surface area contributed by atoms with E-state index >= 15 is 0 Å². The van der Waals surface area contributed by atoms with Crippen LogP contribution in [-0.2, 0) is 0 Å². The van der Waals surface area contributed by atoms with Gasteiger partial charge in [0.2, 0.25) is 0 Å². The molecule has 1 atom stereocenters. The molecule has 19 heavy (non-hydrogen) atoms. The topological polar surface area (TPSA) is 15.3 Å². The van der Waals surface area contributed by atoms with Crippen LogP contribution in [0.1, 0.15) is 49.8 Å². The lowest BCUT2D eigenvalue weighted by molar-refractivity contribution is 0.105. The zero-order valence-corrected chi connectivity index (χ0v) is 12.9. The number of hydrogen-bond donors (Lipinski definition) is 1. The average Bonchev–Trinajstić information content (AvgIpc) is 2.86. The second-order valence-electron chi connectivity index (χ2n) is 6.11. The van der Waals surface area contributed by atoms with E-state index in [-0.39, 0.29) is 5.54 Å². The summed E-state index contributed by atoms with van der Waals surface area (Å²) in [6.07, 6.45) is 5.30. The van der Waals surface area contributed by atoms with Gasteiger partial charge in [0.1, 0.15) is 0 Å². The van der Waals surface area contributed by atoms with Crippen molar-refractivity contribution < 1.29 is 0 Å². The number of nitrogens with one attached hydrogen (secondary N) is 1. The molecule has 1 saturated carbocycles. The number of benzene rings is 1. The van der Waals surface area contributed by atoms with E-state index in [1.807, 2.05) is 0 Å². The van der Waals surface area contributed by atoms with Crippen molar-refractivity contribution in [1.29, 1.82) is 0 Å². The van der Waals surface area contributed by atoms with Crippen LogP contribution >= 0.6 is 0 Å². The van der Waals surface area contributed by atoms with Gasteiger partial charge >= 0.3 is 0 Å². The van der Waals surface area contributed by atoms with E-state index in [9.17, 15) is 0 Å². The molecule has 1 aliphatic carbocycles. The summed E-state index contributed by atoms with van der Waals surface area (Å²) >= 11 is 0. The Labute approximate surface area is 118 Å². The quantitative estimate of drug-likeness (QED) is 0.871. The fourth-order valence-electron chi connectivity index (χ4n) is 3.65. The number of rotatable bonds is 5. The number of nitrogens with zero attached hydrogens (tertiary/aromatic N) is 1. The zero-order valence-electron chi connectivity index (χ0n) is 12.9. The molecule has 1 aromatic rings. The smallest absolute Gasteiger partial charge is 0.0506 e. The van der Waals surface area contributed by atoms with Crippen LogP contribution in [0.3, 0.4) is 0 Å². The molecule has 0 bridgehead atoms. The second kappa shape index (κ2) is 6.06. The van der Waals surface area contributed by atoms with Gasteiger partial charge in [-0.1, -0.05) is 49.6 Å². The molecular formula is C17H28N2. The Bertz CT molecular complexity index is 405. The van der Waals surface area contributed by atoms with Crippen LogP contribution in [0.4, 0.5) is 0 Å². The van der Waals surface area contributed by atoms with Crippen molar-refractivity contribution in [3.63, 3.8) is 0 Å². The van der Waals surface area contributed by atoms with Crippen LogP contribution in [0, 0.1) is 6.92 Å². The van der Waals surface area contributed by atoms with Gasteiger partial charge in [0.15, 0.2) is 0 Å². The van der Waals surface area contributed by atoms with Crippen LogP contribution in [0.25, 0.3) is 0 Å². The van der Waals surface area contributed by atoms with E-state index in [0.29, 0.717) is 6.04 Å². The van der Waals surface area contributed by atoms with E-state index in [4.69, 9.17) is 0 Å². The van der Waals surface area contributed by atoms with Crippen LogP contribution in [-0.4, -0.2) is 31.1 Å². The van der Waals surface area contributed by atoms with Crippen molar-refractivity contribution in [2.75, 3.05) is 20.6 Å². The summed E-state index contributed by atoms with van der Waals surface area (Å²) in [5, 5.41) is 3.75. The lowest BCUT2D eigenvalue weighted by Gasteiger charge is -2.44. The Kier molecular flexibility index (Phi) is 4.64. The molecule has 1 N–H and O–H groups in total. The van der Waals surface area contributed by atoms with Crippen LogP contribution in [0.15, 0.2) is 24.3 Å². The lowest BCUT2D eigenvalue weighted by Crippen LogP contribution is -2.52. The minimum absolute atomic E-state index is 0.282. The van der Waals surface area contributed by atoms with Gasteiger partial charge in [0.05, 0.1) is 6.04 Å². The molecule has 2 nitrogen and oxygen atoms in total. The van der Waals surface area contributed by atoms with E-state index < -0.39 is 0 Å². The Balaban J connectivity index is 2.38. The first-order valence-electron chi connectivity index (χ1n) is 7.57. The predicted molar refractivity (Wildman–Crippen MR) is 82.5 cm³/mol. The number of likely N-dealkylation sites (N-methyl/N-ethyl adjacent to an activating group) is 2. The maximum atomic E-state index is 3.75. The molecule has 2 heteroatoms. The Morgan fingerprint density at radius 1 is 1.26 bits per heavy atom. The highest BCUT2D eigenvalue weighted by atomic mass is 15.2. The molecule has 1 unspecified atom stereocenters. The third kappa shape index (κ3) is 2.85. The van der Waals surface area contributed by atoms with E-state index in [1.54, 1.807) is 0 Å². The summed E-state index contributed by atoms with van der Waals surface area (Å²) in [4.78, 5) is 2.45. The molecule has 0 saturated heterocycles. The first-order chi connectivity index (χ1) is 9.10. The van der Waals surface area contributed by atoms with Gasteiger partial charge in [-0.25, -0.2) is 0 Å². The van der Waals surface area contributed by atoms with Gasteiger partial charge in [-0.15, -0.1) is 0 Å². The maximum absolute atomic E-state index is 3.75. The normalized spacial score (nSPS) is 19.8. The number of aryl methyl sites for hydroxylation is 1. The second-order valence-corrected chi connectivity index (χ2v) is 6.11. The first kappa shape index (κ1) is 14.5. The van der Waals surface area contributed by atoms with Crippen molar-refractivity contribution in [2.24, 2.45) is 0 Å². The van der Waals surface area contributed by atoms with Crippen molar-refractivity contribution in [1.82, 2.24) is 10.2 Å². The highest BCUT2D eigenvalue weighted by Crippen LogP contribution is 2.43. The molecule has 106 valence electrons. The molecule has 0 radical (unpaired) electrons. The standard InChI is InChI=1S/C17H28N2/c1-5-18-16(15-10-8-9-14(2)13-15)17(19(3)4)11-6-7-12-17/h8-10,13,16,18H,5-7,11-12H2,1-4H3. The average molecular weight is 260 g/mol. The number of hydrogen-bond acceptors (Lipinski definition) is 2. The summed E-state index contributed by atoms with van der Waals surface area (Å²) in [6, 6.07) is 9.44. The first-order valence-corrected chi connectivity index (χ1v) is 7.57. The van der Waals surface area contributed by atoms with Crippen molar-refractivity contribution in [2.45, 2.75) is 51.1 Å². The summed E-state index contributed by atoms with van der Waals surface area (Å²) < 4.78 is 0. The van der Waals surface area contributed by atoms with Crippen molar-refractivity contribution >= 4 is 0 Å². The van der Waals surface area contributed by atoms with Crippen LogP contribution < -0.4 is 5.32 Å². The van der Waals surface area contributed by atoms with Gasteiger partial charge in [-0.3, -0.25) is 0 Å². The summed E-state index contributed by atoms with van der Waals surface area (Å²) in [6.45, 7) is 5.42. The van der Waals surface area contributed by atoms with Gasteiger partial charge in [-0.05, 0) is 46.0 Å². The summed E-state index contributed by atoms with van der Waals surface area (Å²) in [5.41, 5.74) is 3.08. The van der Waals surface area contributed by atoms with E-state index in [1.165, 1.54) is 36.8 Å². The minimum Gasteiger partial charge on any atom is -0.309 e. The molecule has 0 aliphatic heterocycles. The third-order valence-electron chi connectivity index (χ3n) is 4.68. The molecule has 0 amide bonds. The Morgan fingerprint density at radius 3 is 2.47 bits per heavy atom. The molecule has 1 fully saturated rings. The van der Waals surface area contributed by atoms with Crippen molar-refractivity contribution in [3.05, 3.63) is 35.4 Å². The highest BCUT2D eigenvalue weighted by Gasteiger charge is 2.43. The van der Waals surface area contributed by atoms with Crippen LogP contribution in [0.2, 0.25) is 0 Å². The maximum Gasteiger partial charge on any atom is 0.0506 e. The molecule has 2 rings (SSSR count). The summed E-state index contributed by atoms with van der Waals surface area (Å²) in [7, 11) is 4.48. The lowest BCUT2D eigenvalue weighted by atomic mass is 9.82. The Morgan fingerprint density at radius 2 is 1.95 bits per heavy atom. The third-order valence-corrected chi connectivity index (χ3v) is 4.68. The van der Waals surface area contributed by atoms with Gasteiger partial charge in [-0.2, -0.15) is 0 Å². The fraction of sp³-hybridized carbons (Fsp3) is 0.647. The monoisotopic (exact) mass is 260 g/mol. The van der Waals surface area contributed by atoms with Crippen LogP contribution in [0.5, 0.6) is 0 Å². The van der Waals surface area contributed by atoms with Crippen molar-refractivity contribution in [3.8, 4) is 0 Å². The van der Waals surface area contributed by atoms with Gasteiger partial charge in [0, 0.05) is 5.54 Å². The molecule has 0 spiro atoms. The van der Waals surface area contributed by atoms with E-state index in [0.717, 1.165) is 6.54 Å². The fourth-order valence-corrected chi connectivity index (χ4v) is 3.65. The zero-order chi connectivity index (χ0) is 13.9. The SMILES string of the molecule is CCNC(c1cccc(C)c1)C1(N(C)C)CCCC1. The summed E-state index contributed by atoms with van der Waals surface area (Å²) in [5.74, 6) is 0. The molecule has 1 aromatic carbocycles. The molecule has 0 heterocycles. The van der Waals surface area contributed by atoms with Gasteiger partial charge < -0.3 is 10.2 Å². The molecule has 0 aromatic heterocycles. The molecular weight excluding hydrogens is 232 g/mol. The van der Waals surface area contributed by atoms with E-state index in [2.05, 4.69) is 62.4 Å². The highest BCUT2D eigenvalue weighted by molar-refractivity contribution is 5.28. The predicted octanol–water partition coefficient (Wildman–Crippen LogP) is 3.52.